The fraction of sp³-hybridized carbons (Fsp3) is 0.0714. The number of hydrogen-bond donors (Lipinski definition) is 2. The van der Waals surface area contributed by atoms with E-state index in [4.69, 9.17) is 16.7 Å². The summed E-state index contributed by atoms with van der Waals surface area (Å²) < 4.78 is 1.60. The Morgan fingerprint density at radius 2 is 1.90 bits per heavy atom. The lowest BCUT2D eigenvalue weighted by atomic mass is 10.1. The minimum Gasteiger partial charge on any atom is -0.478 e. The second-order valence-corrected chi connectivity index (χ2v) is 6.21. The van der Waals surface area contributed by atoms with Gasteiger partial charge in [-0.05, 0) is 51.8 Å². The molecule has 0 unspecified atom stereocenters. The molecule has 2 rings (SSSR count). The van der Waals surface area contributed by atoms with Gasteiger partial charge in [0, 0.05) is 21.2 Å². The van der Waals surface area contributed by atoms with E-state index in [-0.39, 0.29) is 5.56 Å². The van der Waals surface area contributed by atoms with E-state index in [0.29, 0.717) is 11.6 Å². The molecule has 3 nitrogen and oxygen atoms in total. The van der Waals surface area contributed by atoms with Crippen molar-refractivity contribution in [2.24, 2.45) is 0 Å². The van der Waals surface area contributed by atoms with E-state index in [2.05, 4.69) is 37.2 Å². The number of anilines is 1. The predicted molar refractivity (Wildman–Crippen MR) is 87.6 cm³/mol. The number of carboxylic acids is 1. The zero-order valence-electron chi connectivity index (χ0n) is 10.2. The van der Waals surface area contributed by atoms with Gasteiger partial charge in [-0.25, -0.2) is 4.79 Å². The summed E-state index contributed by atoms with van der Waals surface area (Å²) in [7, 11) is 0. The van der Waals surface area contributed by atoms with Crippen molar-refractivity contribution >= 4 is 55.1 Å². The Bertz CT molecular complexity index is 662. The number of aromatic carboxylic acids is 1. The Morgan fingerprint density at radius 3 is 2.50 bits per heavy atom. The van der Waals surface area contributed by atoms with E-state index < -0.39 is 5.97 Å². The van der Waals surface area contributed by atoms with Crippen LogP contribution in [0.25, 0.3) is 0 Å². The minimum atomic E-state index is -0.940. The summed E-state index contributed by atoms with van der Waals surface area (Å²) in [4.78, 5) is 10.9. The lowest BCUT2D eigenvalue weighted by Gasteiger charge is -2.10. The summed E-state index contributed by atoms with van der Waals surface area (Å²) >= 11 is 12.7. The van der Waals surface area contributed by atoms with E-state index in [1.54, 1.807) is 18.2 Å². The molecule has 0 spiro atoms. The van der Waals surface area contributed by atoms with Crippen LogP contribution in [0.15, 0.2) is 45.3 Å². The Morgan fingerprint density at radius 1 is 1.15 bits per heavy atom. The highest BCUT2D eigenvalue weighted by Crippen LogP contribution is 2.26. The monoisotopic (exact) mass is 417 g/mol. The smallest absolute Gasteiger partial charge is 0.335 e. The third-order valence-electron chi connectivity index (χ3n) is 2.70. The van der Waals surface area contributed by atoms with E-state index in [0.717, 1.165) is 20.2 Å². The van der Waals surface area contributed by atoms with Crippen LogP contribution in [0, 0.1) is 0 Å². The van der Waals surface area contributed by atoms with Crippen molar-refractivity contribution in [2.75, 3.05) is 5.32 Å². The first-order valence-electron chi connectivity index (χ1n) is 5.68. The lowest BCUT2D eigenvalue weighted by molar-refractivity contribution is 0.0697. The lowest BCUT2D eigenvalue weighted by Crippen LogP contribution is -2.02. The molecule has 2 N–H and O–H groups in total. The molecule has 2 aromatic rings. The number of hydrogen-bond acceptors (Lipinski definition) is 2. The van der Waals surface area contributed by atoms with Crippen LogP contribution in [0.2, 0.25) is 5.02 Å². The molecular formula is C14H10Br2ClNO2. The molecule has 104 valence electrons. The predicted octanol–water partition coefficient (Wildman–Crippen LogP) is 5.18. The van der Waals surface area contributed by atoms with Crippen molar-refractivity contribution in [1.29, 1.82) is 0 Å². The Labute approximate surface area is 138 Å². The van der Waals surface area contributed by atoms with Gasteiger partial charge in [-0.15, -0.1) is 0 Å². The van der Waals surface area contributed by atoms with E-state index in [1.807, 2.05) is 18.2 Å². The van der Waals surface area contributed by atoms with Crippen LogP contribution in [0.5, 0.6) is 0 Å². The Hall–Kier alpha value is -1.04. The summed E-state index contributed by atoms with van der Waals surface area (Å²) in [6.07, 6.45) is 0. The molecule has 0 aliphatic carbocycles. The summed E-state index contributed by atoms with van der Waals surface area (Å²) in [5.41, 5.74) is 2.12. The molecule has 0 saturated heterocycles. The number of rotatable bonds is 4. The van der Waals surface area contributed by atoms with Gasteiger partial charge in [0.1, 0.15) is 0 Å². The Kier molecular flexibility index (Phi) is 5.07. The summed E-state index contributed by atoms with van der Waals surface area (Å²) in [6.45, 7) is 0.568. The molecule has 0 fully saturated rings. The number of nitrogens with one attached hydrogen (secondary N) is 1. The topological polar surface area (TPSA) is 49.3 Å². The van der Waals surface area contributed by atoms with E-state index in [9.17, 15) is 4.79 Å². The maximum absolute atomic E-state index is 10.9. The maximum Gasteiger partial charge on any atom is 0.335 e. The van der Waals surface area contributed by atoms with Crippen molar-refractivity contribution in [2.45, 2.75) is 6.54 Å². The van der Waals surface area contributed by atoms with E-state index in [1.165, 1.54) is 0 Å². The fourth-order valence-electron chi connectivity index (χ4n) is 1.63. The van der Waals surface area contributed by atoms with Gasteiger partial charge in [-0.2, -0.15) is 0 Å². The van der Waals surface area contributed by atoms with Gasteiger partial charge < -0.3 is 10.4 Å². The zero-order chi connectivity index (χ0) is 14.7. The third kappa shape index (κ3) is 3.75. The third-order valence-corrected chi connectivity index (χ3v) is 4.67. The molecule has 20 heavy (non-hydrogen) atoms. The molecule has 0 radical (unpaired) electrons. The molecule has 6 heteroatoms. The summed E-state index contributed by atoms with van der Waals surface area (Å²) in [5.74, 6) is -0.940. The standard InChI is InChI=1S/C14H10Br2ClNO2/c15-11-4-3-10(6-13(11)17)18-7-9-2-1-8(14(19)20)5-12(9)16/h1-6,18H,7H2,(H,19,20). The van der Waals surface area contributed by atoms with Crippen LogP contribution in [0.1, 0.15) is 15.9 Å². The summed E-state index contributed by atoms with van der Waals surface area (Å²) in [6, 6.07) is 10.6. The number of halogens is 3. The van der Waals surface area contributed by atoms with Gasteiger partial charge in [0.25, 0.3) is 0 Å². The van der Waals surface area contributed by atoms with Gasteiger partial charge >= 0.3 is 5.97 Å². The van der Waals surface area contributed by atoms with Gasteiger partial charge in [0.15, 0.2) is 0 Å². The first-order chi connectivity index (χ1) is 9.47. The van der Waals surface area contributed by atoms with Crippen molar-refractivity contribution in [3.8, 4) is 0 Å². The highest BCUT2D eigenvalue weighted by atomic mass is 79.9. The molecule has 0 aliphatic rings. The highest BCUT2D eigenvalue weighted by molar-refractivity contribution is 9.10. The largest absolute Gasteiger partial charge is 0.478 e. The van der Waals surface area contributed by atoms with Crippen LogP contribution < -0.4 is 5.32 Å². The molecule has 0 aromatic heterocycles. The highest BCUT2D eigenvalue weighted by Gasteiger charge is 2.07. The SMILES string of the molecule is O=C(O)c1ccc(CNc2ccc(Br)c(Cl)c2)c(Br)c1. The van der Waals surface area contributed by atoms with Crippen LogP contribution in [0.4, 0.5) is 5.69 Å². The first kappa shape index (κ1) is 15.4. The summed E-state index contributed by atoms with van der Waals surface area (Å²) in [5, 5.41) is 12.8. The first-order valence-corrected chi connectivity index (χ1v) is 7.64. The van der Waals surface area contributed by atoms with Crippen molar-refractivity contribution in [3.63, 3.8) is 0 Å². The normalized spacial score (nSPS) is 10.3. The molecule has 0 amide bonds. The number of carboxylic acid groups (broad SMARTS) is 1. The van der Waals surface area contributed by atoms with Crippen LogP contribution in [-0.2, 0) is 6.54 Å². The second-order valence-electron chi connectivity index (χ2n) is 4.09. The van der Waals surface area contributed by atoms with Crippen molar-refractivity contribution < 1.29 is 9.90 Å². The molecular weight excluding hydrogens is 409 g/mol. The molecule has 0 aliphatic heterocycles. The maximum atomic E-state index is 10.9. The fourth-order valence-corrected chi connectivity index (χ4v) is 2.57. The second kappa shape index (κ2) is 6.61. The van der Waals surface area contributed by atoms with Crippen molar-refractivity contribution in [1.82, 2.24) is 0 Å². The minimum absolute atomic E-state index is 0.257. The van der Waals surface area contributed by atoms with Gasteiger partial charge in [0.05, 0.1) is 10.6 Å². The van der Waals surface area contributed by atoms with Crippen molar-refractivity contribution in [3.05, 3.63) is 61.5 Å². The average molecular weight is 420 g/mol. The zero-order valence-corrected chi connectivity index (χ0v) is 14.1. The number of carbonyl (C=O) groups is 1. The molecule has 2 aromatic carbocycles. The average Bonchev–Trinajstić information content (AvgIpc) is 2.41. The quantitative estimate of drug-likeness (QED) is 0.718. The van der Waals surface area contributed by atoms with Gasteiger partial charge in [-0.1, -0.05) is 33.6 Å². The van der Waals surface area contributed by atoms with Gasteiger partial charge in [-0.3, -0.25) is 0 Å². The Balaban J connectivity index is 2.10. The van der Waals surface area contributed by atoms with Crippen LogP contribution in [-0.4, -0.2) is 11.1 Å². The van der Waals surface area contributed by atoms with Gasteiger partial charge in [0.2, 0.25) is 0 Å². The molecule has 0 atom stereocenters. The van der Waals surface area contributed by atoms with E-state index >= 15 is 0 Å². The molecule has 0 heterocycles. The molecule has 0 saturated carbocycles. The van der Waals surface area contributed by atoms with Crippen LogP contribution in [0.3, 0.4) is 0 Å². The molecule has 0 bridgehead atoms. The van der Waals surface area contributed by atoms with Crippen LogP contribution >= 0.6 is 43.5 Å². The number of benzene rings is 2.